The summed E-state index contributed by atoms with van der Waals surface area (Å²) in [5, 5.41) is 1.25. The van der Waals surface area contributed by atoms with Gasteiger partial charge in [-0.05, 0) is 12.1 Å². The van der Waals surface area contributed by atoms with Crippen LogP contribution in [0.5, 0.6) is 0 Å². The molecule has 0 saturated heterocycles. The maximum absolute atomic E-state index is 11.9. The van der Waals surface area contributed by atoms with Crippen molar-refractivity contribution in [1.29, 1.82) is 0 Å². The zero-order chi connectivity index (χ0) is 11.2. The molecule has 1 aromatic carbocycles. The van der Waals surface area contributed by atoms with Gasteiger partial charge in [0.25, 0.3) is 0 Å². The molecule has 0 atom stereocenters. The van der Waals surface area contributed by atoms with E-state index in [0.717, 1.165) is 0 Å². The van der Waals surface area contributed by atoms with Crippen LogP contribution in [0, 0.1) is 0 Å². The van der Waals surface area contributed by atoms with Crippen LogP contribution in [0.25, 0.3) is 0 Å². The predicted octanol–water partition coefficient (Wildman–Crippen LogP) is 0.904. The van der Waals surface area contributed by atoms with Crippen LogP contribution in [0.1, 0.15) is 20.7 Å². The van der Waals surface area contributed by atoms with E-state index in [0.29, 0.717) is 11.1 Å². The highest BCUT2D eigenvalue weighted by atomic mass is 16.2. The molecule has 0 radical (unpaired) electrons. The number of amides is 2. The summed E-state index contributed by atoms with van der Waals surface area (Å²) < 4.78 is 0.187. The Morgan fingerprint density at radius 3 is 1.67 bits per heavy atom. The summed E-state index contributed by atoms with van der Waals surface area (Å²) >= 11 is 0. The molecule has 0 saturated carbocycles. The molecule has 78 valence electrons. The summed E-state index contributed by atoms with van der Waals surface area (Å²) in [4.78, 5) is 23.9. The van der Waals surface area contributed by atoms with Crippen LogP contribution in [0.4, 0.5) is 0 Å². The second-order valence-electron chi connectivity index (χ2n) is 4.41. The second-order valence-corrected chi connectivity index (χ2v) is 4.41. The number of rotatable bonds is 1. The second kappa shape index (κ2) is 2.90. The Balaban J connectivity index is 2.55. The molecule has 0 aromatic heterocycles. The highest BCUT2D eigenvalue weighted by Gasteiger charge is 2.43. The lowest BCUT2D eigenvalue weighted by molar-refractivity contribution is -0.959. The van der Waals surface area contributed by atoms with Crippen molar-refractivity contribution in [2.24, 2.45) is 0 Å². The quantitative estimate of drug-likeness (QED) is 0.504. The van der Waals surface area contributed by atoms with E-state index in [2.05, 4.69) is 0 Å². The Morgan fingerprint density at radius 1 is 0.933 bits per heavy atom. The average Bonchev–Trinajstić information content (AvgIpc) is 2.39. The lowest BCUT2D eigenvalue weighted by Crippen LogP contribution is -2.54. The number of carbonyl (C=O) groups excluding carboxylic acids is 2. The van der Waals surface area contributed by atoms with Crippen molar-refractivity contribution in [3.63, 3.8) is 0 Å². The number of hydrogen-bond donors (Lipinski definition) is 0. The Labute approximate surface area is 88.3 Å². The van der Waals surface area contributed by atoms with Crippen molar-refractivity contribution < 1.29 is 14.2 Å². The molecule has 0 N–H and O–H groups in total. The standard InChI is InChI=1S/C11H13N2O2/c1-13(2,3)12-10(14)8-6-4-5-7-9(8)11(12)15/h4-7H,1-3H3/q+1. The van der Waals surface area contributed by atoms with Crippen LogP contribution in [0.2, 0.25) is 0 Å². The monoisotopic (exact) mass is 205 g/mol. The van der Waals surface area contributed by atoms with Gasteiger partial charge in [0.05, 0.1) is 32.3 Å². The van der Waals surface area contributed by atoms with Crippen molar-refractivity contribution >= 4 is 11.8 Å². The van der Waals surface area contributed by atoms with Gasteiger partial charge >= 0.3 is 11.8 Å². The van der Waals surface area contributed by atoms with Crippen LogP contribution < -0.4 is 0 Å². The molecule has 4 heteroatoms. The Hall–Kier alpha value is -1.68. The molecule has 1 aliphatic heterocycles. The molecule has 2 amide bonds. The summed E-state index contributed by atoms with van der Waals surface area (Å²) in [5.74, 6) is -0.439. The molecule has 1 aliphatic rings. The third kappa shape index (κ3) is 1.34. The molecule has 0 unspecified atom stereocenters. The number of carbonyl (C=O) groups is 2. The first-order valence-corrected chi connectivity index (χ1v) is 4.72. The fraction of sp³-hybridized carbons (Fsp3) is 0.273. The summed E-state index contributed by atoms with van der Waals surface area (Å²) in [6, 6.07) is 6.91. The Kier molecular flexibility index (Phi) is 1.91. The Bertz CT molecular complexity index is 411. The minimum atomic E-state index is -0.219. The van der Waals surface area contributed by atoms with Gasteiger partial charge in [-0.2, -0.15) is 0 Å². The molecule has 1 heterocycles. The SMILES string of the molecule is C[N+](C)(C)N1C(=O)c2ccccc2C1=O. The number of benzene rings is 1. The molecule has 2 rings (SSSR count). The number of hydrogen-bond acceptors (Lipinski definition) is 2. The van der Waals surface area contributed by atoms with E-state index in [-0.39, 0.29) is 16.4 Å². The van der Waals surface area contributed by atoms with E-state index < -0.39 is 0 Å². The maximum Gasteiger partial charge on any atom is 0.308 e. The number of quaternary nitrogens is 1. The minimum Gasteiger partial charge on any atom is -0.263 e. The van der Waals surface area contributed by atoms with Crippen LogP contribution in [0.15, 0.2) is 24.3 Å². The fourth-order valence-electron chi connectivity index (χ4n) is 1.72. The summed E-state index contributed by atoms with van der Waals surface area (Å²) in [6.07, 6.45) is 0. The van der Waals surface area contributed by atoms with E-state index >= 15 is 0 Å². The normalized spacial score (nSPS) is 15.8. The molecule has 0 fully saturated rings. The summed E-state index contributed by atoms with van der Waals surface area (Å²) in [7, 11) is 5.38. The molecule has 4 nitrogen and oxygen atoms in total. The lowest BCUT2D eigenvalue weighted by atomic mass is 10.1. The molecule has 1 aromatic rings. The molecule has 0 bridgehead atoms. The Morgan fingerprint density at radius 2 is 1.33 bits per heavy atom. The largest absolute Gasteiger partial charge is 0.308 e. The van der Waals surface area contributed by atoms with Crippen LogP contribution in [0.3, 0.4) is 0 Å². The van der Waals surface area contributed by atoms with Crippen LogP contribution in [-0.2, 0) is 0 Å². The van der Waals surface area contributed by atoms with Gasteiger partial charge < -0.3 is 0 Å². The first-order chi connectivity index (χ1) is 6.93. The van der Waals surface area contributed by atoms with Crippen molar-refractivity contribution in [3.8, 4) is 0 Å². The van der Waals surface area contributed by atoms with E-state index in [4.69, 9.17) is 0 Å². The topological polar surface area (TPSA) is 37.4 Å². The van der Waals surface area contributed by atoms with Gasteiger partial charge in [0.1, 0.15) is 0 Å². The van der Waals surface area contributed by atoms with Gasteiger partial charge in [-0.1, -0.05) is 12.1 Å². The van der Waals surface area contributed by atoms with Crippen LogP contribution in [-0.4, -0.2) is 42.6 Å². The fourth-order valence-corrected chi connectivity index (χ4v) is 1.72. The lowest BCUT2D eigenvalue weighted by Gasteiger charge is -2.30. The minimum absolute atomic E-state index is 0.187. The number of fused-ring (bicyclic) bond motifs is 1. The predicted molar refractivity (Wildman–Crippen MR) is 55.0 cm³/mol. The molecule has 0 aliphatic carbocycles. The first kappa shape index (κ1) is 9.86. The smallest absolute Gasteiger partial charge is 0.263 e. The molecule has 15 heavy (non-hydrogen) atoms. The maximum atomic E-state index is 11.9. The summed E-state index contributed by atoms with van der Waals surface area (Å²) in [6.45, 7) is 0. The van der Waals surface area contributed by atoms with Gasteiger partial charge in [-0.15, -0.1) is 5.01 Å². The van der Waals surface area contributed by atoms with Gasteiger partial charge in [-0.3, -0.25) is 9.59 Å². The highest BCUT2D eigenvalue weighted by Crippen LogP contribution is 2.24. The van der Waals surface area contributed by atoms with Crippen molar-refractivity contribution in [2.75, 3.05) is 21.1 Å². The van der Waals surface area contributed by atoms with Crippen LogP contribution >= 0.6 is 0 Å². The first-order valence-electron chi connectivity index (χ1n) is 4.72. The number of nitrogens with zero attached hydrogens (tertiary/aromatic N) is 2. The van der Waals surface area contributed by atoms with Gasteiger partial charge in [0.15, 0.2) is 0 Å². The van der Waals surface area contributed by atoms with Crippen molar-refractivity contribution in [1.82, 2.24) is 5.01 Å². The van der Waals surface area contributed by atoms with Gasteiger partial charge in [0.2, 0.25) is 0 Å². The average molecular weight is 205 g/mol. The third-order valence-electron chi connectivity index (χ3n) is 2.37. The van der Waals surface area contributed by atoms with Crippen molar-refractivity contribution in [2.45, 2.75) is 0 Å². The zero-order valence-electron chi connectivity index (χ0n) is 9.02. The van der Waals surface area contributed by atoms with E-state index in [1.807, 2.05) is 0 Å². The molecule has 0 spiro atoms. The molecular weight excluding hydrogens is 192 g/mol. The van der Waals surface area contributed by atoms with Crippen molar-refractivity contribution in [3.05, 3.63) is 35.4 Å². The van der Waals surface area contributed by atoms with Gasteiger partial charge in [-0.25, -0.2) is 4.59 Å². The summed E-state index contributed by atoms with van der Waals surface area (Å²) in [5.41, 5.74) is 0.992. The van der Waals surface area contributed by atoms with E-state index in [1.54, 1.807) is 45.4 Å². The zero-order valence-corrected chi connectivity index (χ0v) is 9.02. The third-order valence-corrected chi connectivity index (χ3v) is 2.37. The number of imide groups is 1. The highest BCUT2D eigenvalue weighted by molar-refractivity contribution is 6.20. The van der Waals surface area contributed by atoms with E-state index in [1.165, 1.54) is 5.01 Å². The molecular formula is C11H13N2O2+. The van der Waals surface area contributed by atoms with Gasteiger partial charge in [0, 0.05) is 0 Å². The van der Waals surface area contributed by atoms with E-state index in [9.17, 15) is 9.59 Å².